The summed E-state index contributed by atoms with van der Waals surface area (Å²) in [7, 11) is 0. The van der Waals surface area contributed by atoms with Crippen molar-refractivity contribution >= 4 is 34.7 Å². The van der Waals surface area contributed by atoms with Crippen molar-refractivity contribution in [3.05, 3.63) is 105 Å². The van der Waals surface area contributed by atoms with E-state index in [4.69, 9.17) is 14.2 Å². The minimum Gasteiger partial charge on any atom is -0.506 e. The van der Waals surface area contributed by atoms with Gasteiger partial charge in [-0.15, -0.1) is 11.3 Å². The van der Waals surface area contributed by atoms with E-state index < -0.39 is 5.60 Å². The highest BCUT2D eigenvalue weighted by Crippen LogP contribution is 2.39. The van der Waals surface area contributed by atoms with E-state index in [1.165, 1.54) is 11.3 Å². The third-order valence-electron chi connectivity index (χ3n) is 11.6. The minimum atomic E-state index is -0.398. The smallest absolute Gasteiger partial charge is 0.273 e. The van der Waals surface area contributed by atoms with Gasteiger partial charge in [-0.1, -0.05) is 68.4 Å². The quantitative estimate of drug-likeness (QED) is 0.0835. The van der Waals surface area contributed by atoms with Crippen LogP contribution in [-0.2, 0) is 45.0 Å². The number of nitrogens with zero attached hydrogens (tertiary/aromatic N) is 4. The van der Waals surface area contributed by atoms with Crippen molar-refractivity contribution in [1.82, 2.24) is 25.0 Å². The normalized spacial score (nSPS) is 16.3. The van der Waals surface area contributed by atoms with E-state index in [-0.39, 0.29) is 54.8 Å². The number of thiazole rings is 1. The zero-order valence-electron chi connectivity index (χ0n) is 35.1. The maximum atomic E-state index is 15.8. The number of carbonyl (C=O) groups is 3. The van der Waals surface area contributed by atoms with E-state index in [1.807, 2.05) is 57.6 Å². The van der Waals surface area contributed by atoms with Crippen molar-refractivity contribution in [2.45, 2.75) is 70.6 Å². The van der Waals surface area contributed by atoms with Crippen molar-refractivity contribution < 1.29 is 38.1 Å². The number of carbonyl (C=O) groups excluding carboxylic acids is 3. The van der Waals surface area contributed by atoms with Crippen LogP contribution in [-0.4, -0.2) is 120 Å². The number of likely N-dealkylation sites (tertiary alicyclic amines) is 1. The summed E-state index contributed by atoms with van der Waals surface area (Å²) in [5.74, 6) is 0.135. The number of hydrogen-bond donors (Lipinski definition) is 3. The molecule has 4 aromatic rings. The molecule has 3 aromatic carbocycles. The van der Waals surface area contributed by atoms with E-state index in [2.05, 4.69) is 34.4 Å². The number of amides is 3. The summed E-state index contributed by atoms with van der Waals surface area (Å²) in [6.45, 7) is 10.3. The van der Waals surface area contributed by atoms with Gasteiger partial charge in [0.2, 0.25) is 5.91 Å². The Balaban J connectivity index is 0.836. The Kier molecular flexibility index (Phi) is 15.0. The number of nitrogens with one attached hydrogen (secondary N) is 2. The second-order valence-corrected chi connectivity index (χ2v) is 17.2. The highest BCUT2D eigenvalue weighted by atomic mass is 32.1. The fraction of sp³-hybridized carbons (Fsp3) is 0.478. The largest absolute Gasteiger partial charge is 0.506 e. The van der Waals surface area contributed by atoms with Crippen molar-refractivity contribution in [2.75, 3.05) is 77.6 Å². The summed E-state index contributed by atoms with van der Waals surface area (Å²) in [4.78, 5) is 49.0. The predicted molar refractivity (Wildman–Crippen MR) is 232 cm³/mol. The van der Waals surface area contributed by atoms with Crippen molar-refractivity contribution in [2.24, 2.45) is 0 Å². The first-order valence-electron chi connectivity index (χ1n) is 21.3. The molecule has 3 amide bonds. The van der Waals surface area contributed by atoms with Gasteiger partial charge in [-0.2, -0.15) is 0 Å². The first-order valence-corrected chi connectivity index (χ1v) is 22.2. The lowest BCUT2D eigenvalue weighted by Crippen LogP contribution is -2.58. The van der Waals surface area contributed by atoms with Gasteiger partial charge in [0.25, 0.3) is 11.8 Å². The van der Waals surface area contributed by atoms with Crippen LogP contribution in [0.5, 0.6) is 11.5 Å². The number of phenolic OH excluding ortho intramolecular Hbond substituents is 1. The zero-order valence-corrected chi connectivity index (χ0v) is 35.9. The number of ether oxygens (including phenoxy) is 3. The molecule has 2 saturated heterocycles. The van der Waals surface area contributed by atoms with Crippen LogP contribution in [0.2, 0.25) is 0 Å². The van der Waals surface area contributed by atoms with E-state index in [0.29, 0.717) is 100 Å². The molecule has 326 valence electrons. The van der Waals surface area contributed by atoms with Crippen molar-refractivity contribution in [3.8, 4) is 11.5 Å². The van der Waals surface area contributed by atoms with Crippen LogP contribution in [0.25, 0.3) is 0 Å². The molecular formula is C46H57FN6O7S. The van der Waals surface area contributed by atoms with E-state index in [9.17, 15) is 19.5 Å². The molecule has 2 fully saturated rings. The van der Waals surface area contributed by atoms with Crippen LogP contribution in [0.4, 0.5) is 10.1 Å². The fourth-order valence-electron chi connectivity index (χ4n) is 8.11. The third kappa shape index (κ3) is 11.5. The molecule has 61 heavy (non-hydrogen) atoms. The van der Waals surface area contributed by atoms with Crippen LogP contribution >= 0.6 is 11.3 Å². The maximum Gasteiger partial charge on any atom is 0.273 e. The number of phenols is 1. The van der Waals surface area contributed by atoms with Crippen LogP contribution < -0.4 is 15.4 Å². The number of aromatic hydroxyl groups is 1. The molecule has 1 spiro atoms. The maximum absolute atomic E-state index is 15.8. The summed E-state index contributed by atoms with van der Waals surface area (Å²) < 4.78 is 33.6. The molecule has 3 aliphatic rings. The molecule has 1 aromatic heterocycles. The van der Waals surface area contributed by atoms with E-state index in [0.717, 1.165) is 42.1 Å². The second-order valence-electron chi connectivity index (χ2n) is 16.3. The average molecular weight is 857 g/mol. The number of morpholine rings is 1. The van der Waals surface area contributed by atoms with Crippen LogP contribution in [0.1, 0.15) is 76.8 Å². The molecule has 3 aliphatic heterocycles. The Labute approximate surface area is 361 Å². The number of benzene rings is 3. The number of halogens is 1. The Bertz CT molecular complexity index is 2130. The Morgan fingerprint density at radius 3 is 2.61 bits per heavy atom. The van der Waals surface area contributed by atoms with E-state index in [1.54, 1.807) is 18.2 Å². The van der Waals surface area contributed by atoms with Gasteiger partial charge in [-0.3, -0.25) is 19.3 Å². The van der Waals surface area contributed by atoms with Crippen LogP contribution in [0, 0.1) is 5.82 Å². The lowest BCUT2D eigenvalue weighted by atomic mass is 9.89. The first kappa shape index (κ1) is 44.1. The molecule has 3 N–H and O–H groups in total. The lowest BCUT2D eigenvalue weighted by Gasteiger charge is -2.47. The average Bonchev–Trinajstić information content (AvgIpc) is 3.77. The monoisotopic (exact) mass is 856 g/mol. The standard InChI is InChI=1S/C46H57FN6O7S/c1-32(2)44-49-37(30-61-44)45(57)53-23-26-60-46(31-53)16-20-51(21-17-46)28-36-10-6-9-34(41(36)47)14-24-58-25-15-40(56)52(27-33-7-4-3-5-8-33)22-19-48-18-13-35-11-12-38(54)42-43(35)59-29-39(55)50-42/h3-12,30,32,48,54H,13-29,31H2,1-2H3,(H,50,55). The van der Waals surface area contributed by atoms with E-state index >= 15 is 4.39 Å². The summed E-state index contributed by atoms with van der Waals surface area (Å²) in [5.41, 5.74) is 3.53. The molecular weight excluding hydrogens is 800 g/mol. The highest BCUT2D eigenvalue weighted by Gasteiger charge is 2.41. The topological polar surface area (TPSA) is 146 Å². The lowest BCUT2D eigenvalue weighted by molar-refractivity contribution is -0.133. The van der Waals surface area contributed by atoms with Crippen LogP contribution in [0.15, 0.2) is 66.0 Å². The number of anilines is 1. The van der Waals surface area contributed by atoms with Gasteiger partial charge in [0.05, 0.1) is 43.4 Å². The first-order chi connectivity index (χ1) is 29.6. The van der Waals surface area contributed by atoms with Gasteiger partial charge in [0.15, 0.2) is 12.4 Å². The number of piperidine rings is 1. The summed E-state index contributed by atoms with van der Waals surface area (Å²) in [6.07, 6.45) is 2.73. The molecule has 13 nitrogen and oxygen atoms in total. The van der Waals surface area contributed by atoms with Gasteiger partial charge < -0.3 is 39.8 Å². The third-order valence-corrected chi connectivity index (χ3v) is 12.7. The molecule has 0 aliphatic carbocycles. The fourth-order valence-corrected chi connectivity index (χ4v) is 8.92. The number of rotatable bonds is 18. The van der Waals surface area contributed by atoms with Gasteiger partial charge in [-0.25, -0.2) is 9.37 Å². The molecule has 7 rings (SSSR count). The molecule has 0 radical (unpaired) electrons. The minimum absolute atomic E-state index is 0.0310. The van der Waals surface area contributed by atoms with Gasteiger partial charge in [0.1, 0.15) is 22.9 Å². The molecule has 0 unspecified atom stereocenters. The molecule has 15 heteroatoms. The Morgan fingerprint density at radius 1 is 1.02 bits per heavy atom. The Morgan fingerprint density at radius 2 is 1.82 bits per heavy atom. The predicted octanol–water partition coefficient (Wildman–Crippen LogP) is 5.76. The zero-order chi connectivity index (χ0) is 42.8. The molecule has 0 bridgehead atoms. The Hall–Kier alpha value is -4.93. The number of fused-ring (bicyclic) bond motifs is 1. The van der Waals surface area contributed by atoms with Gasteiger partial charge in [0, 0.05) is 62.7 Å². The molecule has 0 atom stereocenters. The van der Waals surface area contributed by atoms with Crippen molar-refractivity contribution in [1.29, 1.82) is 0 Å². The summed E-state index contributed by atoms with van der Waals surface area (Å²) >= 11 is 1.53. The van der Waals surface area contributed by atoms with Gasteiger partial charge >= 0.3 is 0 Å². The number of hydrogen-bond acceptors (Lipinski definition) is 11. The van der Waals surface area contributed by atoms with Crippen LogP contribution in [0.3, 0.4) is 0 Å². The SMILES string of the molecule is CC(C)c1nc(C(=O)N2CCOC3(CCN(Cc4cccc(CCOCCC(=O)N(CCNCCc5ccc(O)c6c5OCC(=O)N6)Cc5ccccc5)c4F)CC3)C2)cs1. The summed E-state index contributed by atoms with van der Waals surface area (Å²) in [6, 6.07) is 18.7. The number of aromatic nitrogens is 1. The molecule has 0 saturated carbocycles. The van der Waals surface area contributed by atoms with Crippen molar-refractivity contribution in [3.63, 3.8) is 0 Å². The molecule has 4 heterocycles. The van der Waals surface area contributed by atoms with Gasteiger partial charge in [-0.05, 0) is 55.0 Å². The highest BCUT2D eigenvalue weighted by molar-refractivity contribution is 7.09. The second kappa shape index (κ2) is 20.8. The summed E-state index contributed by atoms with van der Waals surface area (Å²) in [5, 5.41) is 19.0.